The Morgan fingerprint density at radius 3 is 2.39 bits per heavy atom. The normalized spacial score (nSPS) is 18.3. The molecule has 164 valence electrons. The number of aromatic nitrogens is 4. The second-order valence-electron chi connectivity index (χ2n) is 7.85. The predicted octanol–water partition coefficient (Wildman–Crippen LogP) is 2.95. The van der Waals surface area contributed by atoms with Crippen LogP contribution >= 0.6 is 0 Å². The van der Waals surface area contributed by atoms with E-state index in [1.807, 2.05) is 11.0 Å². The lowest BCUT2D eigenvalue weighted by Gasteiger charge is -2.35. The summed E-state index contributed by atoms with van der Waals surface area (Å²) >= 11 is 0. The summed E-state index contributed by atoms with van der Waals surface area (Å²) in [5.74, 6) is -0.327. The summed E-state index contributed by atoms with van der Waals surface area (Å²) in [6.07, 6.45) is -0.636. The van der Waals surface area contributed by atoms with Gasteiger partial charge in [0.1, 0.15) is 12.1 Å². The van der Waals surface area contributed by atoms with Crippen molar-refractivity contribution < 1.29 is 17.6 Å². The van der Waals surface area contributed by atoms with Gasteiger partial charge < -0.3 is 14.2 Å². The van der Waals surface area contributed by atoms with Gasteiger partial charge in [-0.1, -0.05) is 0 Å². The van der Waals surface area contributed by atoms with E-state index in [4.69, 9.17) is 4.42 Å². The van der Waals surface area contributed by atoms with Crippen LogP contribution in [0.2, 0.25) is 0 Å². The lowest BCUT2D eigenvalue weighted by Crippen LogP contribution is -2.46. The zero-order valence-electron chi connectivity index (χ0n) is 16.8. The molecule has 2 saturated heterocycles. The number of rotatable bonds is 4. The van der Waals surface area contributed by atoms with Gasteiger partial charge in [0.25, 0.3) is 0 Å². The Labute approximate surface area is 176 Å². The molecule has 3 aromatic rings. The summed E-state index contributed by atoms with van der Waals surface area (Å²) in [4.78, 5) is 15.5. The molecule has 4 heterocycles. The highest BCUT2D eigenvalue weighted by atomic mass is 19.4. The molecule has 0 unspecified atom stereocenters. The van der Waals surface area contributed by atoms with Crippen molar-refractivity contribution in [2.75, 3.05) is 49.1 Å². The molecular formula is C20H22F3N7O. The van der Waals surface area contributed by atoms with E-state index in [0.29, 0.717) is 13.1 Å². The standard InChI is InChI=1S/C20H22F3N7O/c21-20(22,23)19-27-26-17(31-19)12-28-7-9-29(10-8-28)14-3-4-16-15(11-14)18(25-13-24-16)30-5-1-2-6-30/h3-4,11,13H,1-2,5-10,12H2. The monoisotopic (exact) mass is 433 g/mol. The first-order valence-electron chi connectivity index (χ1n) is 10.3. The van der Waals surface area contributed by atoms with Gasteiger partial charge in [0.2, 0.25) is 5.89 Å². The van der Waals surface area contributed by atoms with E-state index in [1.54, 1.807) is 6.33 Å². The van der Waals surface area contributed by atoms with Gasteiger partial charge >= 0.3 is 12.1 Å². The van der Waals surface area contributed by atoms with Gasteiger partial charge in [0, 0.05) is 50.3 Å². The molecule has 2 aliphatic rings. The van der Waals surface area contributed by atoms with Gasteiger partial charge in [0.15, 0.2) is 0 Å². The molecule has 0 atom stereocenters. The fraction of sp³-hybridized carbons (Fsp3) is 0.500. The molecule has 31 heavy (non-hydrogen) atoms. The molecule has 0 aliphatic carbocycles. The maximum atomic E-state index is 12.6. The summed E-state index contributed by atoms with van der Waals surface area (Å²) < 4.78 is 42.6. The highest BCUT2D eigenvalue weighted by molar-refractivity contribution is 5.92. The average molecular weight is 433 g/mol. The molecular weight excluding hydrogens is 411 g/mol. The highest BCUT2D eigenvalue weighted by Crippen LogP contribution is 2.30. The molecule has 0 spiro atoms. The van der Waals surface area contributed by atoms with Gasteiger partial charge in [-0.05, 0) is 31.0 Å². The Morgan fingerprint density at radius 1 is 0.903 bits per heavy atom. The SMILES string of the molecule is FC(F)(F)c1nnc(CN2CCN(c3ccc4ncnc(N5CCCC5)c4c3)CC2)o1. The van der Waals surface area contributed by atoms with E-state index in [1.165, 1.54) is 12.8 Å². The summed E-state index contributed by atoms with van der Waals surface area (Å²) in [7, 11) is 0. The third-order valence-corrected chi connectivity index (χ3v) is 5.81. The smallest absolute Gasteiger partial charge is 0.416 e. The number of piperazine rings is 1. The van der Waals surface area contributed by atoms with Gasteiger partial charge in [0.05, 0.1) is 12.1 Å². The number of halogens is 3. The zero-order chi connectivity index (χ0) is 21.4. The fourth-order valence-corrected chi connectivity index (χ4v) is 4.20. The zero-order valence-corrected chi connectivity index (χ0v) is 16.8. The van der Waals surface area contributed by atoms with E-state index in [9.17, 15) is 13.2 Å². The van der Waals surface area contributed by atoms with Gasteiger partial charge in [-0.25, -0.2) is 9.97 Å². The Bertz CT molecular complexity index is 1060. The van der Waals surface area contributed by atoms with E-state index in [2.05, 4.69) is 42.1 Å². The van der Waals surface area contributed by atoms with Crippen molar-refractivity contribution >= 4 is 22.4 Å². The van der Waals surface area contributed by atoms with Crippen LogP contribution in [0.4, 0.5) is 24.7 Å². The number of benzene rings is 1. The maximum Gasteiger partial charge on any atom is 0.470 e. The minimum atomic E-state index is -4.61. The summed E-state index contributed by atoms with van der Waals surface area (Å²) in [6.45, 7) is 5.11. The van der Waals surface area contributed by atoms with Crippen molar-refractivity contribution in [2.45, 2.75) is 25.6 Å². The minimum Gasteiger partial charge on any atom is -0.416 e. The minimum absolute atomic E-state index is 0.0149. The van der Waals surface area contributed by atoms with Crippen molar-refractivity contribution in [1.82, 2.24) is 25.1 Å². The topological polar surface area (TPSA) is 74.4 Å². The van der Waals surface area contributed by atoms with Gasteiger partial charge in [-0.2, -0.15) is 13.2 Å². The van der Waals surface area contributed by atoms with Gasteiger partial charge in [-0.15, -0.1) is 10.2 Å². The van der Waals surface area contributed by atoms with Crippen LogP contribution in [0.25, 0.3) is 10.9 Å². The van der Waals surface area contributed by atoms with E-state index >= 15 is 0 Å². The van der Waals surface area contributed by atoms with E-state index < -0.39 is 12.1 Å². The molecule has 2 fully saturated rings. The van der Waals surface area contributed by atoms with Crippen LogP contribution in [0, 0.1) is 0 Å². The maximum absolute atomic E-state index is 12.6. The molecule has 0 radical (unpaired) electrons. The average Bonchev–Trinajstić information content (AvgIpc) is 3.46. The second-order valence-corrected chi connectivity index (χ2v) is 7.85. The number of nitrogens with zero attached hydrogens (tertiary/aromatic N) is 7. The quantitative estimate of drug-likeness (QED) is 0.622. The summed E-state index contributed by atoms with van der Waals surface area (Å²) in [5, 5.41) is 7.67. The van der Waals surface area contributed by atoms with E-state index in [-0.39, 0.29) is 12.4 Å². The van der Waals surface area contributed by atoms with Crippen LogP contribution in [-0.4, -0.2) is 64.3 Å². The van der Waals surface area contributed by atoms with Gasteiger partial charge in [-0.3, -0.25) is 4.90 Å². The summed E-state index contributed by atoms with van der Waals surface area (Å²) in [5.41, 5.74) is 2.02. The predicted molar refractivity (Wildman–Crippen MR) is 108 cm³/mol. The van der Waals surface area contributed by atoms with Crippen LogP contribution in [-0.2, 0) is 12.7 Å². The molecule has 0 saturated carbocycles. The van der Waals surface area contributed by atoms with E-state index in [0.717, 1.165) is 48.6 Å². The van der Waals surface area contributed by atoms with Crippen LogP contribution in [0.5, 0.6) is 0 Å². The number of fused-ring (bicyclic) bond motifs is 1. The number of alkyl halides is 3. The molecule has 8 nitrogen and oxygen atoms in total. The molecule has 2 aromatic heterocycles. The number of hydrogen-bond donors (Lipinski definition) is 0. The molecule has 1 aromatic carbocycles. The Morgan fingerprint density at radius 2 is 1.68 bits per heavy atom. The first-order chi connectivity index (χ1) is 15.0. The molecule has 0 N–H and O–H groups in total. The third-order valence-electron chi connectivity index (χ3n) is 5.81. The van der Waals surface area contributed by atoms with Crippen molar-refractivity contribution in [1.29, 1.82) is 0 Å². The highest BCUT2D eigenvalue weighted by Gasteiger charge is 2.38. The van der Waals surface area contributed by atoms with Crippen molar-refractivity contribution in [3.8, 4) is 0 Å². The number of hydrogen-bond acceptors (Lipinski definition) is 8. The second kappa shape index (κ2) is 7.95. The van der Waals surface area contributed by atoms with Crippen molar-refractivity contribution in [3.63, 3.8) is 0 Å². The molecule has 0 amide bonds. The molecule has 5 rings (SSSR count). The first-order valence-corrected chi connectivity index (χ1v) is 10.3. The first kappa shape index (κ1) is 20.0. The summed E-state index contributed by atoms with van der Waals surface area (Å²) in [6, 6.07) is 6.23. The number of anilines is 2. The Hall–Kier alpha value is -2.95. The Kier molecular flexibility index (Phi) is 5.12. The third kappa shape index (κ3) is 4.14. The van der Waals surface area contributed by atoms with Crippen LogP contribution in [0.15, 0.2) is 28.9 Å². The van der Waals surface area contributed by atoms with Crippen LogP contribution in [0.3, 0.4) is 0 Å². The van der Waals surface area contributed by atoms with Crippen LogP contribution < -0.4 is 9.80 Å². The van der Waals surface area contributed by atoms with Crippen molar-refractivity contribution in [2.24, 2.45) is 0 Å². The Balaban J connectivity index is 1.27. The van der Waals surface area contributed by atoms with Crippen LogP contribution in [0.1, 0.15) is 24.6 Å². The lowest BCUT2D eigenvalue weighted by atomic mass is 10.1. The molecule has 0 bridgehead atoms. The van der Waals surface area contributed by atoms with Crippen molar-refractivity contribution in [3.05, 3.63) is 36.3 Å². The molecule has 11 heteroatoms. The largest absolute Gasteiger partial charge is 0.470 e. The fourth-order valence-electron chi connectivity index (χ4n) is 4.20. The molecule has 2 aliphatic heterocycles. The lowest BCUT2D eigenvalue weighted by molar-refractivity contribution is -0.157.